The van der Waals surface area contributed by atoms with Crippen LogP contribution in [0.4, 0.5) is 4.79 Å². The minimum atomic E-state index is -0.507. The quantitative estimate of drug-likeness (QED) is 0.806. The van der Waals surface area contributed by atoms with E-state index >= 15 is 0 Å². The first-order valence-corrected chi connectivity index (χ1v) is 6.68. The van der Waals surface area contributed by atoms with Crippen LogP contribution in [0.2, 0.25) is 0 Å². The number of nitrogens with two attached hydrogens (primary N) is 1. The second kappa shape index (κ2) is 6.23. The lowest BCUT2D eigenvalue weighted by Gasteiger charge is -2.38. The van der Waals surface area contributed by atoms with Crippen molar-refractivity contribution in [3.8, 4) is 0 Å². The van der Waals surface area contributed by atoms with E-state index < -0.39 is 5.60 Å². The minimum absolute atomic E-state index is 0.000833. The van der Waals surface area contributed by atoms with E-state index in [1.165, 1.54) is 0 Å². The maximum Gasteiger partial charge on any atom is 0.410 e. The van der Waals surface area contributed by atoms with Gasteiger partial charge >= 0.3 is 6.09 Å². The van der Waals surface area contributed by atoms with Crippen LogP contribution < -0.4 is 5.73 Å². The molecule has 6 heteroatoms. The van der Waals surface area contributed by atoms with Gasteiger partial charge in [0.2, 0.25) is 5.91 Å². The van der Waals surface area contributed by atoms with Crippen LogP contribution in [-0.4, -0.2) is 60.1 Å². The predicted octanol–water partition coefficient (Wildman–Crippen LogP) is 0.803. The number of likely N-dealkylation sites (N-methyl/N-ethyl adjacent to an activating group) is 1. The van der Waals surface area contributed by atoms with Crippen molar-refractivity contribution in [2.24, 2.45) is 5.73 Å². The Labute approximate surface area is 114 Å². The van der Waals surface area contributed by atoms with Crippen molar-refractivity contribution in [1.82, 2.24) is 9.80 Å². The standard InChI is InChI=1S/C13H25N3O3/c1-13(2,3)19-12(18)15(4)10-6-5-7-16(9-10)11(17)8-14/h10H,5-9,14H2,1-4H3/t10-/m0/s1. The second-order valence-electron chi connectivity index (χ2n) is 5.93. The zero-order valence-corrected chi connectivity index (χ0v) is 12.3. The number of nitrogens with zero attached hydrogens (tertiary/aromatic N) is 2. The molecule has 1 aliphatic heterocycles. The van der Waals surface area contributed by atoms with Crippen molar-refractivity contribution in [2.45, 2.75) is 45.3 Å². The van der Waals surface area contributed by atoms with Crippen LogP contribution in [0.3, 0.4) is 0 Å². The van der Waals surface area contributed by atoms with Gasteiger partial charge in [-0.05, 0) is 33.6 Å². The minimum Gasteiger partial charge on any atom is -0.444 e. The monoisotopic (exact) mass is 271 g/mol. The maximum atomic E-state index is 12.0. The van der Waals surface area contributed by atoms with E-state index in [0.29, 0.717) is 13.1 Å². The van der Waals surface area contributed by atoms with E-state index in [0.717, 1.165) is 12.8 Å². The molecule has 0 aromatic rings. The highest BCUT2D eigenvalue weighted by Gasteiger charge is 2.30. The highest BCUT2D eigenvalue weighted by atomic mass is 16.6. The summed E-state index contributed by atoms with van der Waals surface area (Å²) in [5.41, 5.74) is 4.86. The lowest BCUT2D eigenvalue weighted by atomic mass is 10.0. The van der Waals surface area contributed by atoms with E-state index in [2.05, 4.69) is 0 Å². The number of hydrogen-bond acceptors (Lipinski definition) is 4. The van der Waals surface area contributed by atoms with Crippen LogP contribution in [0.1, 0.15) is 33.6 Å². The van der Waals surface area contributed by atoms with Crippen molar-refractivity contribution >= 4 is 12.0 Å². The molecule has 1 heterocycles. The van der Waals surface area contributed by atoms with Gasteiger partial charge in [-0.1, -0.05) is 0 Å². The lowest BCUT2D eigenvalue weighted by molar-refractivity contribution is -0.131. The van der Waals surface area contributed by atoms with Gasteiger partial charge in [0.25, 0.3) is 0 Å². The fraction of sp³-hybridized carbons (Fsp3) is 0.846. The average Bonchev–Trinajstić information content (AvgIpc) is 2.35. The van der Waals surface area contributed by atoms with Gasteiger partial charge in [-0.3, -0.25) is 4.79 Å². The molecule has 0 aromatic heterocycles. The Kier molecular flexibility index (Phi) is 5.17. The Morgan fingerprint density at radius 2 is 2.05 bits per heavy atom. The fourth-order valence-electron chi connectivity index (χ4n) is 2.11. The number of carbonyl (C=O) groups is 2. The maximum absolute atomic E-state index is 12.0. The van der Waals surface area contributed by atoms with Crippen LogP contribution in [0.25, 0.3) is 0 Å². The van der Waals surface area contributed by atoms with Gasteiger partial charge in [0.05, 0.1) is 12.6 Å². The van der Waals surface area contributed by atoms with Crippen LogP contribution in [0.15, 0.2) is 0 Å². The zero-order valence-electron chi connectivity index (χ0n) is 12.3. The van der Waals surface area contributed by atoms with Crippen LogP contribution in [-0.2, 0) is 9.53 Å². The first-order valence-electron chi connectivity index (χ1n) is 6.68. The summed E-state index contributed by atoms with van der Waals surface area (Å²) in [4.78, 5) is 26.9. The molecule has 1 aliphatic rings. The number of likely N-dealkylation sites (tertiary alicyclic amines) is 1. The Bertz CT molecular complexity index is 339. The molecule has 1 saturated heterocycles. The molecule has 0 radical (unpaired) electrons. The third-order valence-electron chi connectivity index (χ3n) is 3.15. The molecule has 0 spiro atoms. The van der Waals surface area contributed by atoms with Crippen LogP contribution >= 0.6 is 0 Å². The third kappa shape index (κ3) is 4.70. The molecule has 0 unspecified atom stereocenters. The summed E-state index contributed by atoms with van der Waals surface area (Å²) in [6.07, 6.45) is 1.41. The van der Waals surface area contributed by atoms with E-state index in [9.17, 15) is 9.59 Å². The van der Waals surface area contributed by atoms with Crippen molar-refractivity contribution in [2.75, 3.05) is 26.7 Å². The van der Waals surface area contributed by atoms with Crippen molar-refractivity contribution < 1.29 is 14.3 Å². The summed E-state index contributed by atoms with van der Waals surface area (Å²) >= 11 is 0. The molecule has 6 nitrogen and oxygen atoms in total. The molecule has 0 bridgehead atoms. The predicted molar refractivity (Wildman–Crippen MR) is 72.7 cm³/mol. The molecule has 0 saturated carbocycles. The molecular weight excluding hydrogens is 246 g/mol. The first-order chi connectivity index (χ1) is 8.74. The van der Waals surface area contributed by atoms with E-state index in [-0.39, 0.29) is 24.6 Å². The highest BCUT2D eigenvalue weighted by molar-refractivity contribution is 5.78. The highest BCUT2D eigenvalue weighted by Crippen LogP contribution is 2.17. The Morgan fingerprint density at radius 3 is 2.58 bits per heavy atom. The number of amides is 2. The smallest absolute Gasteiger partial charge is 0.410 e. The number of carbonyl (C=O) groups excluding carboxylic acids is 2. The summed E-state index contributed by atoms with van der Waals surface area (Å²) in [5, 5.41) is 0. The van der Waals surface area contributed by atoms with Crippen molar-refractivity contribution in [3.05, 3.63) is 0 Å². The fourth-order valence-corrected chi connectivity index (χ4v) is 2.11. The SMILES string of the molecule is CN(C(=O)OC(C)(C)C)[C@H]1CCCN(C(=O)CN)C1. The number of rotatable bonds is 2. The van der Waals surface area contributed by atoms with Crippen molar-refractivity contribution in [1.29, 1.82) is 0 Å². The molecule has 2 amide bonds. The lowest BCUT2D eigenvalue weighted by Crippen LogP contribution is -2.52. The zero-order chi connectivity index (χ0) is 14.6. The topological polar surface area (TPSA) is 75.9 Å². The Morgan fingerprint density at radius 1 is 1.42 bits per heavy atom. The molecule has 1 fully saturated rings. The average molecular weight is 271 g/mol. The molecular formula is C13H25N3O3. The molecule has 2 N–H and O–H groups in total. The van der Waals surface area contributed by atoms with Crippen molar-refractivity contribution in [3.63, 3.8) is 0 Å². The molecule has 1 atom stereocenters. The summed E-state index contributed by atoms with van der Waals surface area (Å²) < 4.78 is 5.33. The van der Waals surface area contributed by atoms with Gasteiger partial charge in [0, 0.05) is 20.1 Å². The molecule has 110 valence electrons. The van der Waals surface area contributed by atoms with Gasteiger partial charge < -0.3 is 20.3 Å². The summed E-state index contributed by atoms with van der Waals surface area (Å²) in [7, 11) is 1.72. The number of hydrogen-bond donors (Lipinski definition) is 1. The first kappa shape index (κ1) is 15.8. The molecule has 0 aliphatic carbocycles. The molecule has 0 aromatic carbocycles. The van der Waals surface area contributed by atoms with Gasteiger partial charge in [-0.15, -0.1) is 0 Å². The normalized spacial score (nSPS) is 20.1. The number of piperidine rings is 1. The Hall–Kier alpha value is -1.30. The summed E-state index contributed by atoms with van der Waals surface area (Å²) in [5.74, 6) is -0.0673. The molecule has 1 rings (SSSR count). The van der Waals surface area contributed by atoms with Crippen LogP contribution in [0.5, 0.6) is 0 Å². The van der Waals surface area contributed by atoms with Gasteiger partial charge in [-0.2, -0.15) is 0 Å². The van der Waals surface area contributed by atoms with Gasteiger partial charge in [-0.25, -0.2) is 4.79 Å². The summed E-state index contributed by atoms with van der Waals surface area (Å²) in [6, 6.07) is -0.000833. The van der Waals surface area contributed by atoms with Gasteiger partial charge in [0.15, 0.2) is 0 Å². The number of ether oxygens (including phenoxy) is 1. The van der Waals surface area contributed by atoms with Crippen LogP contribution in [0, 0.1) is 0 Å². The Balaban J connectivity index is 2.59. The van der Waals surface area contributed by atoms with E-state index in [1.54, 1.807) is 16.8 Å². The molecule has 19 heavy (non-hydrogen) atoms. The van der Waals surface area contributed by atoms with Gasteiger partial charge in [0.1, 0.15) is 5.60 Å². The summed E-state index contributed by atoms with van der Waals surface area (Å²) in [6.45, 7) is 6.78. The van der Waals surface area contributed by atoms with E-state index in [1.807, 2.05) is 20.8 Å². The largest absolute Gasteiger partial charge is 0.444 e. The third-order valence-corrected chi connectivity index (χ3v) is 3.15. The van der Waals surface area contributed by atoms with E-state index in [4.69, 9.17) is 10.5 Å². The second-order valence-corrected chi connectivity index (χ2v) is 5.93.